The van der Waals surface area contributed by atoms with E-state index in [9.17, 15) is 4.79 Å². The number of methoxy groups -OCH3 is 2. The highest BCUT2D eigenvalue weighted by Gasteiger charge is 2.15. The molecule has 0 aliphatic heterocycles. The molecular formula is C18H21NO3. The van der Waals surface area contributed by atoms with Crippen molar-refractivity contribution in [3.8, 4) is 5.75 Å². The number of benzene rings is 2. The van der Waals surface area contributed by atoms with Gasteiger partial charge in [-0.2, -0.15) is 0 Å². The average molecular weight is 299 g/mol. The van der Waals surface area contributed by atoms with Crippen molar-refractivity contribution in [3.05, 3.63) is 65.7 Å². The van der Waals surface area contributed by atoms with Crippen molar-refractivity contribution in [1.82, 2.24) is 4.90 Å². The van der Waals surface area contributed by atoms with Crippen molar-refractivity contribution >= 4 is 5.91 Å². The van der Waals surface area contributed by atoms with E-state index in [4.69, 9.17) is 9.47 Å². The van der Waals surface area contributed by atoms with E-state index in [1.54, 1.807) is 19.1 Å². The fraction of sp³-hybridized carbons (Fsp3) is 0.278. The summed E-state index contributed by atoms with van der Waals surface area (Å²) in [6, 6.07) is 17.0. The maximum absolute atomic E-state index is 12.6. The van der Waals surface area contributed by atoms with Crippen LogP contribution in [0.1, 0.15) is 15.9 Å². The molecule has 0 unspecified atom stereocenters. The van der Waals surface area contributed by atoms with Crippen molar-refractivity contribution in [1.29, 1.82) is 0 Å². The predicted octanol–water partition coefficient (Wildman–Crippen LogP) is 2.98. The first-order valence-corrected chi connectivity index (χ1v) is 7.21. The van der Waals surface area contributed by atoms with E-state index in [-0.39, 0.29) is 5.91 Å². The normalized spacial score (nSPS) is 10.3. The summed E-state index contributed by atoms with van der Waals surface area (Å²) in [6.45, 7) is 1.60. The number of carbonyl (C=O) groups excluding carboxylic acids is 1. The predicted molar refractivity (Wildman–Crippen MR) is 86.1 cm³/mol. The van der Waals surface area contributed by atoms with Crippen molar-refractivity contribution in [2.45, 2.75) is 6.54 Å². The first kappa shape index (κ1) is 16.0. The zero-order chi connectivity index (χ0) is 15.8. The summed E-state index contributed by atoms with van der Waals surface area (Å²) in [5.74, 6) is 0.815. The van der Waals surface area contributed by atoms with Gasteiger partial charge in [0.1, 0.15) is 5.75 Å². The van der Waals surface area contributed by atoms with Gasteiger partial charge in [0.15, 0.2) is 0 Å². The molecule has 22 heavy (non-hydrogen) atoms. The molecule has 2 aromatic carbocycles. The lowest BCUT2D eigenvalue weighted by atomic mass is 10.1. The third kappa shape index (κ3) is 4.33. The molecule has 2 aromatic rings. The molecule has 0 saturated carbocycles. The third-order valence-electron chi connectivity index (χ3n) is 3.41. The Hall–Kier alpha value is -2.33. The van der Waals surface area contributed by atoms with Gasteiger partial charge in [0, 0.05) is 25.8 Å². The number of rotatable bonds is 7. The fourth-order valence-corrected chi connectivity index (χ4v) is 2.17. The molecule has 0 saturated heterocycles. The van der Waals surface area contributed by atoms with Gasteiger partial charge in [-0.1, -0.05) is 30.3 Å². The molecule has 0 radical (unpaired) electrons. The van der Waals surface area contributed by atoms with Crippen molar-refractivity contribution in [3.63, 3.8) is 0 Å². The van der Waals surface area contributed by atoms with Gasteiger partial charge in [0.25, 0.3) is 5.91 Å². The van der Waals surface area contributed by atoms with E-state index in [0.717, 1.165) is 11.3 Å². The Labute approximate surface area is 131 Å². The largest absolute Gasteiger partial charge is 0.497 e. The van der Waals surface area contributed by atoms with E-state index < -0.39 is 0 Å². The van der Waals surface area contributed by atoms with E-state index in [0.29, 0.717) is 25.3 Å². The standard InChI is InChI=1S/C18H21NO3/c1-21-13-12-19(18(20)16-6-4-3-5-7-16)14-15-8-10-17(22-2)11-9-15/h3-11H,12-14H2,1-2H3. The highest BCUT2D eigenvalue weighted by atomic mass is 16.5. The summed E-state index contributed by atoms with van der Waals surface area (Å²) < 4.78 is 10.3. The summed E-state index contributed by atoms with van der Waals surface area (Å²) in [4.78, 5) is 14.4. The van der Waals surface area contributed by atoms with Crippen LogP contribution in [0.3, 0.4) is 0 Å². The summed E-state index contributed by atoms with van der Waals surface area (Å²) in [5, 5.41) is 0. The Balaban J connectivity index is 2.12. The number of nitrogens with zero attached hydrogens (tertiary/aromatic N) is 1. The molecule has 0 atom stereocenters. The minimum atomic E-state index is 0.00784. The maximum Gasteiger partial charge on any atom is 0.254 e. The number of ether oxygens (including phenoxy) is 2. The SMILES string of the molecule is COCCN(Cc1ccc(OC)cc1)C(=O)c1ccccc1. The van der Waals surface area contributed by atoms with Crippen molar-refractivity contribution in [2.75, 3.05) is 27.4 Å². The smallest absolute Gasteiger partial charge is 0.254 e. The van der Waals surface area contributed by atoms with Crippen LogP contribution in [0.2, 0.25) is 0 Å². The Morgan fingerprint density at radius 1 is 1.00 bits per heavy atom. The van der Waals surface area contributed by atoms with Gasteiger partial charge in [-0.15, -0.1) is 0 Å². The molecule has 4 heteroatoms. The monoisotopic (exact) mass is 299 g/mol. The molecule has 0 aromatic heterocycles. The van der Waals surface area contributed by atoms with Crippen molar-refractivity contribution < 1.29 is 14.3 Å². The summed E-state index contributed by atoms with van der Waals surface area (Å²) in [5.41, 5.74) is 1.74. The number of amides is 1. The van der Waals surface area contributed by atoms with Crippen LogP contribution in [0.15, 0.2) is 54.6 Å². The lowest BCUT2D eigenvalue weighted by Gasteiger charge is -2.22. The van der Waals surface area contributed by atoms with Crippen LogP contribution in [-0.2, 0) is 11.3 Å². The zero-order valence-electron chi connectivity index (χ0n) is 13.0. The second kappa shape index (κ2) is 8.20. The highest BCUT2D eigenvalue weighted by Crippen LogP contribution is 2.14. The Kier molecular flexibility index (Phi) is 5.98. The van der Waals surface area contributed by atoms with Gasteiger partial charge in [-0.05, 0) is 29.8 Å². The second-order valence-electron chi connectivity index (χ2n) is 4.93. The molecular weight excluding hydrogens is 278 g/mol. The van der Waals surface area contributed by atoms with Gasteiger partial charge in [-0.25, -0.2) is 0 Å². The van der Waals surface area contributed by atoms with Crippen LogP contribution < -0.4 is 4.74 Å². The Morgan fingerprint density at radius 2 is 1.68 bits per heavy atom. The lowest BCUT2D eigenvalue weighted by Crippen LogP contribution is -2.33. The molecule has 4 nitrogen and oxygen atoms in total. The van der Waals surface area contributed by atoms with Crippen LogP contribution in [0.5, 0.6) is 5.75 Å². The molecule has 0 N–H and O–H groups in total. The maximum atomic E-state index is 12.6. The van der Waals surface area contributed by atoms with Gasteiger partial charge in [-0.3, -0.25) is 4.79 Å². The van der Waals surface area contributed by atoms with Gasteiger partial charge < -0.3 is 14.4 Å². The topological polar surface area (TPSA) is 38.8 Å². The molecule has 116 valence electrons. The first-order chi connectivity index (χ1) is 10.7. The van der Waals surface area contributed by atoms with Crippen LogP contribution in [0.25, 0.3) is 0 Å². The van der Waals surface area contributed by atoms with E-state index in [1.165, 1.54) is 0 Å². The average Bonchev–Trinajstić information content (AvgIpc) is 2.59. The second-order valence-corrected chi connectivity index (χ2v) is 4.93. The zero-order valence-corrected chi connectivity index (χ0v) is 13.0. The first-order valence-electron chi connectivity index (χ1n) is 7.21. The van der Waals surface area contributed by atoms with Crippen molar-refractivity contribution in [2.24, 2.45) is 0 Å². The van der Waals surface area contributed by atoms with Crippen LogP contribution in [0.4, 0.5) is 0 Å². The molecule has 0 spiro atoms. The van der Waals surface area contributed by atoms with E-state index >= 15 is 0 Å². The minimum absolute atomic E-state index is 0.00784. The summed E-state index contributed by atoms with van der Waals surface area (Å²) in [7, 11) is 3.28. The fourth-order valence-electron chi connectivity index (χ4n) is 2.17. The van der Waals surface area contributed by atoms with E-state index in [2.05, 4.69) is 0 Å². The number of hydrogen-bond donors (Lipinski definition) is 0. The molecule has 0 aliphatic carbocycles. The molecule has 1 amide bonds. The Bertz CT molecular complexity index is 581. The van der Waals surface area contributed by atoms with Gasteiger partial charge >= 0.3 is 0 Å². The van der Waals surface area contributed by atoms with Crippen LogP contribution >= 0.6 is 0 Å². The lowest BCUT2D eigenvalue weighted by molar-refractivity contribution is 0.0680. The quantitative estimate of drug-likeness (QED) is 0.789. The van der Waals surface area contributed by atoms with E-state index in [1.807, 2.05) is 54.6 Å². The molecule has 0 bridgehead atoms. The molecule has 0 heterocycles. The third-order valence-corrected chi connectivity index (χ3v) is 3.41. The molecule has 0 fully saturated rings. The summed E-state index contributed by atoms with van der Waals surface area (Å²) in [6.07, 6.45) is 0. The Morgan fingerprint density at radius 3 is 2.27 bits per heavy atom. The van der Waals surface area contributed by atoms with Crippen LogP contribution in [0, 0.1) is 0 Å². The number of hydrogen-bond acceptors (Lipinski definition) is 3. The van der Waals surface area contributed by atoms with Gasteiger partial charge in [0.05, 0.1) is 13.7 Å². The molecule has 0 aliphatic rings. The molecule has 2 rings (SSSR count). The van der Waals surface area contributed by atoms with Gasteiger partial charge in [0.2, 0.25) is 0 Å². The highest BCUT2D eigenvalue weighted by molar-refractivity contribution is 5.94. The summed E-state index contributed by atoms with van der Waals surface area (Å²) >= 11 is 0. The minimum Gasteiger partial charge on any atom is -0.497 e. The number of carbonyl (C=O) groups is 1. The van der Waals surface area contributed by atoms with Crippen LogP contribution in [-0.4, -0.2) is 38.2 Å².